The summed E-state index contributed by atoms with van der Waals surface area (Å²) in [6.07, 6.45) is 0. The highest BCUT2D eigenvalue weighted by atomic mass is 35.5. The van der Waals surface area contributed by atoms with Gasteiger partial charge in [0.05, 0.1) is 0 Å². The van der Waals surface area contributed by atoms with Gasteiger partial charge in [-0.15, -0.1) is 0 Å². The Hall–Kier alpha value is -1.71. The maximum absolute atomic E-state index is 7.64. The molecule has 3 N–H and O–H groups in total. The zero-order chi connectivity index (χ0) is 14.7. The molecular formula is C15H15Cl2N3. The van der Waals surface area contributed by atoms with E-state index in [1.165, 1.54) is 0 Å². The van der Waals surface area contributed by atoms with Gasteiger partial charge in [-0.3, -0.25) is 5.41 Å². The van der Waals surface area contributed by atoms with E-state index in [0.717, 1.165) is 11.3 Å². The van der Waals surface area contributed by atoms with Crippen LogP contribution in [0.4, 0.5) is 5.69 Å². The Morgan fingerprint density at radius 1 is 1.20 bits per heavy atom. The third-order valence-electron chi connectivity index (χ3n) is 3.03. The fourth-order valence-corrected chi connectivity index (χ4v) is 2.38. The van der Waals surface area contributed by atoms with E-state index in [0.29, 0.717) is 22.2 Å². The van der Waals surface area contributed by atoms with Gasteiger partial charge in [0.15, 0.2) is 0 Å². The van der Waals surface area contributed by atoms with Crippen LogP contribution in [0.1, 0.15) is 11.1 Å². The van der Waals surface area contributed by atoms with Gasteiger partial charge in [-0.2, -0.15) is 0 Å². The maximum atomic E-state index is 7.64. The molecule has 104 valence electrons. The number of halogens is 2. The molecule has 0 radical (unpaired) electrons. The second-order valence-corrected chi connectivity index (χ2v) is 5.37. The molecule has 0 saturated carbocycles. The summed E-state index contributed by atoms with van der Waals surface area (Å²) in [5.41, 5.74) is 8.09. The lowest BCUT2D eigenvalue weighted by atomic mass is 10.1. The molecule has 5 heteroatoms. The lowest BCUT2D eigenvalue weighted by Crippen LogP contribution is -2.22. The van der Waals surface area contributed by atoms with Crippen LogP contribution in [-0.2, 0) is 6.54 Å². The Bertz CT molecular complexity index is 641. The van der Waals surface area contributed by atoms with E-state index >= 15 is 0 Å². The van der Waals surface area contributed by atoms with Crippen molar-refractivity contribution >= 4 is 34.7 Å². The third kappa shape index (κ3) is 3.24. The molecule has 0 aliphatic carbocycles. The molecule has 0 amide bonds. The fourth-order valence-electron chi connectivity index (χ4n) is 2.02. The molecule has 2 rings (SSSR count). The van der Waals surface area contributed by atoms with E-state index in [-0.39, 0.29) is 5.84 Å². The Balaban J connectivity index is 2.34. The van der Waals surface area contributed by atoms with Crippen molar-refractivity contribution in [3.05, 3.63) is 63.6 Å². The molecule has 0 spiro atoms. The summed E-state index contributed by atoms with van der Waals surface area (Å²) in [5, 5.41) is 8.97. The van der Waals surface area contributed by atoms with E-state index in [9.17, 15) is 0 Å². The normalized spacial score (nSPS) is 10.3. The zero-order valence-corrected chi connectivity index (χ0v) is 12.5. The first-order valence-electron chi connectivity index (χ1n) is 6.07. The van der Waals surface area contributed by atoms with Crippen LogP contribution in [-0.4, -0.2) is 12.9 Å². The molecule has 0 aliphatic heterocycles. The fraction of sp³-hybridized carbons (Fsp3) is 0.133. The maximum Gasteiger partial charge on any atom is 0.124 e. The van der Waals surface area contributed by atoms with Crippen LogP contribution in [0.25, 0.3) is 0 Å². The first-order valence-corrected chi connectivity index (χ1v) is 6.83. The number of benzene rings is 2. The zero-order valence-electron chi connectivity index (χ0n) is 11.0. The number of nitrogen functional groups attached to an aromatic ring is 1. The third-order valence-corrected chi connectivity index (χ3v) is 3.63. The highest BCUT2D eigenvalue weighted by Crippen LogP contribution is 2.26. The predicted octanol–water partition coefficient (Wildman–Crippen LogP) is 3.91. The molecule has 20 heavy (non-hydrogen) atoms. The second kappa shape index (κ2) is 6.16. The average molecular weight is 308 g/mol. The van der Waals surface area contributed by atoms with E-state index < -0.39 is 0 Å². The van der Waals surface area contributed by atoms with E-state index in [2.05, 4.69) is 0 Å². The molecule has 0 fully saturated rings. The van der Waals surface area contributed by atoms with Gasteiger partial charge < -0.3 is 10.6 Å². The summed E-state index contributed by atoms with van der Waals surface area (Å²) < 4.78 is 0. The van der Waals surface area contributed by atoms with Crippen molar-refractivity contribution in [2.24, 2.45) is 5.73 Å². The van der Waals surface area contributed by atoms with Gasteiger partial charge in [0.1, 0.15) is 5.84 Å². The van der Waals surface area contributed by atoms with Gasteiger partial charge >= 0.3 is 0 Å². The number of rotatable bonds is 4. The molecule has 0 atom stereocenters. The molecule has 2 aromatic carbocycles. The van der Waals surface area contributed by atoms with E-state index in [1.54, 1.807) is 18.2 Å². The first kappa shape index (κ1) is 14.7. The van der Waals surface area contributed by atoms with Crippen LogP contribution in [0, 0.1) is 5.41 Å². The molecule has 0 unspecified atom stereocenters. The summed E-state index contributed by atoms with van der Waals surface area (Å²) in [5.74, 6) is 0.0164. The molecule has 3 nitrogen and oxygen atoms in total. The van der Waals surface area contributed by atoms with E-state index in [4.69, 9.17) is 34.3 Å². The minimum atomic E-state index is 0.0164. The monoisotopic (exact) mass is 307 g/mol. The lowest BCUT2D eigenvalue weighted by molar-refractivity contribution is 0.921. The van der Waals surface area contributed by atoms with Crippen molar-refractivity contribution in [2.75, 3.05) is 11.9 Å². The van der Waals surface area contributed by atoms with Crippen LogP contribution >= 0.6 is 23.2 Å². The number of anilines is 1. The smallest absolute Gasteiger partial charge is 0.124 e. The number of amidine groups is 1. The molecule has 0 saturated heterocycles. The van der Waals surface area contributed by atoms with Crippen molar-refractivity contribution in [1.29, 1.82) is 5.41 Å². The van der Waals surface area contributed by atoms with Gasteiger partial charge in [0.25, 0.3) is 0 Å². The second-order valence-electron chi connectivity index (χ2n) is 4.52. The number of nitrogens with one attached hydrogen (secondary N) is 1. The van der Waals surface area contributed by atoms with Crippen molar-refractivity contribution in [3.63, 3.8) is 0 Å². The van der Waals surface area contributed by atoms with Gasteiger partial charge in [0, 0.05) is 34.9 Å². The quantitative estimate of drug-likeness (QED) is 0.664. The van der Waals surface area contributed by atoms with Gasteiger partial charge in [-0.1, -0.05) is 41.4 Å². The Kier molecular flexibility index (Phi) is 4.53. The Labute approximate surface area is 128 Å². The minimum absolute atomic E-state index is 0.0164. The highest BCUT2D eigenvalue weighted by molar-refractivity contribution is 6.31. The topological polar surface area (TPSA) is 53.1 Å². The Morgan fingerprint density at radius 3 is 2.55 bits per heavy atom. The molecule has 0 heterocycles. The van der Waals surface area contributed by atoms with Crippen molar-refractivity contribution in [1.82, 2.24) is 0 Å². The number of hydrogen-bond donors (Lipinski definition) is 2. The standard InChI is InChI=1S/C15H15Cl2N3/c1-20(9-10-4-2-3-5-13(10)17)14-8-11(16)6-7-12(14)15(18)19/h2-8H,9H2,1H3,(H3,18,19). The number of nitrogens with two attached hydrogens (primary N) is 1. The first-order chi connectivity index (χ1) is 9.49. The molecule has 0 aromatic heterocycles. The van der Waals surface area contributed by atoms with Gasteiger partial charge in [-0.25, -0.2) is 0 Å². The van der Waals surface area contributed by atoms with Gasteiger partial charge in [0.2, 0.25) is 0 Å². The van der Waals surface area contributed by atoms with Crippen molar-refractivity contribution in [2.45, 2.75) is 6.54 Å². The minimum Gasteiger partial charge on any atom is -0.384 e. The van der Waals surface area contributed by atoms with Crippen LogP contribution in [0.2, 0.25) is 10.0 Å². The largest absolute Gasteiger partial charge is 0.384 e. The van der Waals surface area contributed by atoms with Crippen LogP contribution in [0.3, 0.4) is 0 Å². The van der Waals surface area contributed by atoms with Crippen molar-refractivity contribution < 1.29 is 0 Å². The Morgan fingerprint density at radius 2 is 1.90 bits per heavy atom. The highest BCUT2D eigenvalue weighted by Gasteiger charge is 2.12. The van der Waals surface area contributed by atoms with Crippen LogP contribution in [0.5, 0.6) is 0 Å². The molecular weight excluding hydrogens is 293 g/mol. The van der Waals surface area contributed by atoms with Crippen molar-refractivity contribution in [3.8, 4) is 0 Å². The lowest BCUT2D eigenvalue weighted by Gasteiger charge is -2.23. The van der Waals surface area contributed by atoms with Crippen LogP contribution in [0.15, 0.2) is 42.5 Å². The SMILES string of the molecule is CN(Cc1ccccc1Cl)c1cc(Cl)ccc1C(=N)N. The number of hydrogen-bond acceptors (Lipinski definition) is 2. The molecule has 0 bridgehead atoms. The summed E-state index contributed by atoms with van der Waals surface area (Å²) >= 11 is 12.2. The average Bonchev–Trinajstić information content (AvgIpc) is 2.40. The summed E-state index contributed by atoms with van der Waals surface area (Å²) in [6, 6.07) is 12.9. The number of nitrogens with zero attached hydrogens (tertiary/aromatic N) is 1. The molecule has 2 aromatic rings. The predicted molar refractivity (Wildman–Crippen MR) is 86.0 cm³/mol. The summed E-state index contributed by atoms with van der Waals surface area (Å²) in [6.45, 7) is 0.611. The molecule has 0 aliphatic rings. The summed E-state index contributed by atoms with van der Waals surface area (Å²) in [7, 11) is 1.92. The summed E-state index contributed by atoms with van der Waals surface area (Å²) in [4.78, 5) is 1.98. The van der Waals surface area contributed by atoms with Crippen LogP contribution < -0.4 is 10.6 Å². The van der Waals surface area contributed by atoms with E-state index in [1.807, 2.05) is 36.2 Å². The van der Waals surface area contributed by atoms with Gasteiger partial charge in [-0.05, 0) is 29.8 Å².